The van der Waals surface area contributed by atoms with E-state index in [-0.39, 0.29) is 0 Å². The first-order chi connectivity index (χ1) is 20.2. The van der Waals surface area contributed by atoms with Crippen LogP contribution in [0.3, 0.4) is 0 Å². The second-order valence-corrected chi connectivity index (χ2v) is 11.8. The highest BCUT2D eigenvalue weighted by molar-refractivity contribution is 7.85. The van der Waals surface area contributed by atoms with Crippen LogP contribution in [0.1, 0.15) is 5.56 Å². The van der Waals surface area contributed by atoms with Gasteiger partial charge in [0.15, 0.2) is 0 Å². The van der Waals surface area contributed by atoms with E-state index in [9.17, 15) is 4.21 Å². The molecule has 41 heavy (non-hydrogen) atoms. The fraction of sp³-hybridized carbons (Fsp3) is 0. The van der Waals surface area contributed by atoms with Crippen molar-refractivity contribution >= 4 is 54.4 Å². The van der Waals surface area contributed by atoms with Crippen LogP contribution in [0.25, 0.3) is 71.8 Å². The molecule has 190 valence electrons. The van der Waals surface area contributed by atoms with E-state index in [2.05, 4.69) is 59.2 Å². The molecule has 0 radical (unpaired) electrons. The van der Waals surface area contributed by atoms with E-state index in [4.69, 9.17) is 15.2 Å². The molecule has 9 rings (SSSR count). The molecule has 6 heteroatoms. The van der Waals surface area contributed by atoms with Crippen molar-refractivity contribution in [2.75, 3.05) is 0 Å². The first-order valence-corrected chi connectivity index (χ1v) is 14.5. The topological polar surface area (TPSA) is 71.6 Å². The highest BCUT2D eigenvalue weighted by Gasteiger charge is 2.29. The molecule has 0 bridgehead atoms. The normalized spacial score (nSPS) is 12.9. The van der Waals surface area contributed by atoms with Gasteiger partial charge in [0.25, 0.3) is 0 Å². The van der Waals surface area contributed by atoms with E-state index >= 15 is 0 Å². The molecule has 1 aromatic heterocycles. The van der Waals surface area contributed by atoms with Crippen LogP contribution in [-0.2, 0) is 10.8 Å². The number of nitrogens with zero attached hydrogens (tertiary/aromatic N) is 4. The van der Waals surface area contributed by atoms with Gasteiger partial charge in [-0.3, -0.25) is 0 Å². The Hall–Kier alpha value is -5.38. The molecule has 0 saturated heterocycles. The summed E-state index contributed by atoms with van der Waals surface area (Å²) in [5.74, 6) is 0. The van der Waals surface area contributed by atoms with Gasteiger partial charge in [0.1, 0.15) is 0 Å². The molecule has 3 heterocycles. The number of hydrogen-bond acceptors (Lipinski definition) is 4. The van der Waals surface area contributed by atoms with Crippen molar-refractivity contribution in [2.24, 2.45) is 0 Å². The van der Waals surface area contributed by atoms with Crippen molar-refractivity contribution in [3.05, 3.63) is 115 Å². The molecule has 1 atom stereocenters. The van der Waals surface area contributed by atoms with E-state index in [0.29, 0.717) is 15.4 Å². The first-order valence-electron chi connectivity index (χ1n) is 13.3. The number of hydrogen-bond donors (Lipinski definition) is 0. The maximum Gasteiger partial charge on any atom is 0.0991 e. The Kier molecular flexibility index (Phi) is 4.42. The Bertz CT molecular complexity index is 2430. The summed E-state index contributed by atoms with van der Waals surface area (Å²) in [5.41, 5.74) is 9.99. The van der Waals surface area contributed by atoms with Crippen molar-refractivity contribution in [3.63, 3.8) is 0 Å². The molecule has 0 spiro atoms. The van der Waals surface area contributed by atoms with Crippen LogP contribution in [0, 0.1) is 11.3 Å². The van der Waals surface area contributed by atoms with E-state index < -0.39 is 10.8 Å². The average molecular weight is 543 g/mol. The Morgan fingerprint density at radius 2 is 1.37 bits per heavy atom. The maximum atomic E-state index is 13.3. The summed E-state index contributed by atoms with van der Waals surface area (Å²) < 4.78 is 15.6. The fourth-order valence-electron chi connectivity index (χ4n) is 6.34. The molecule has 0 fully saturated rings. The third-order valence-electron chi connectivity index (χ3n) is 8.14. The van der Waals surface area contributed by atoms with Gasteiger partial charge in [0.2, 0.25) is 0 Å². The number of para-hydroxylation sites is 2. The van der Waals surface area contributed by atoms with Gasteiger partial charge >= 0.3 is 0 Å². The molecule has 0 amide bonds. The zero-order chi connectivity index (χ0) is 27.2. The molecule has 0 saturated carbocycles. The molecular formula is C35H18N4OS. The summed E-state index contributed by atoms with van der Waals surface area (Å²) in [5, 5.41) is 13.8. The summed E-state index contributed by atoms with van der Waals surface area (Å²) in [4.78, 5) is 11.4. The van der Waals surface area contributed by atoms with Gasteiger partial charge in [-0.25, -0.2) is 14.2 Å². The lowest BCUT2D eigenvalue weighted by Crippen LogP contribution is -1.97. The summed E-state index contributed by atoms with van der Waals surface area (Å²) in [6.45, 7) is 0. The predicted octanol–water partition coefficient (Wildman–Crippen LogP) is 8.00. The van der Waals surface area contributed by atoms with Gasteiger partial charge in [-0.2, -0.15) is 5.26 Å². The minimum absolute atomic E-state index is 0.549. The van der Waals surface area contributed by atoms with Crippen LogP contribution in [0.2, 0.25) is 0 Å². The highest BCUT2D eigenvalue weighted by atomic mass is 32.2. The van der Waals surface area contributed by atoms with Crippen molar-refractivity contribution in [3.8, 4) is 34.3 Å². The van der Waals surface area contributed by atoms with E-state index in [1.54, 1.807) is 24.3 Å². The Morgan fingerprint density at radius 1 is 0.707 bits per heavy atom. The molecule has 5 aromatic rings. The van der Waals surface area contributed by atoms with Gasteiger partial charge in [-0.05, 0) is 72.8 Å². The zero-order valence-corrected chi connectivity index (χ0v) is 22.3. The summed E-state index contributed by atoms with van der Waals surface area (Å²) >= 11 is 0. The minimum atomic E-state index is -1.35. The van der Waals surface area contributed by atoms with E-state index in [1.807, 2.05) is 36.4 Å². The van der Waals surface area contributed by atoms with Crippen LogP contribution in [-0.4, -0.2) is 18.7 Å². The number of rotatable bonds is 3. The quantitative estimate of drug-likeness (QED) is 0.227. The van der Waals surface area contributed by atoms with Crippen molar-refractivity contribution in [2.45, 2.75) is 9.79 Å². The fourth-order valence-corrected chi connectivity index (χ4v) is 7.38. The van der Waals surface area contributed by atoms with Crippen LogP contribution < -0.4 is 0 Å². The van der Waals surface area contributed by atoms with Gasteiger partial charge in [-0.1, -0.05) is 36.4 Å². The van der Waals surface area contributed by atoms with Crippen LogP contribution in [0.4, 0.5) is 0 Å². The molecule has 2 aliphatic heterocycles. The smallest absolute Gasteiger partial charge is 0.0991 e. The van der Waals surface area contributed by atoms with Crippen LogP contribution in [0.5, 0.6) is 0 Å². The number of aromatic nitrogens is 3. The molecule has 4 aliphatic rings. The van der Waals surface area contributed by atoms with Gasteiger partial charge in [0, 0.05) is 48.2 Å². The zero-order valence-electron chi connectivity index (χ0n) is 21.5. The Balaban J connectivity index is 1.30. The van der Waals surface area contributed by atoms with Crippen LogP contribution in [0.15, 0.2) is 119 Å². The van der Waals surface area contributed by atoms with Gasteiger partial charge < -0.3 is 4.57 Å². The van der Waals surface area contributed by atoms with E-state index in [0.717, 1.165) is 55.5 Å². The first kappa shape index (κ1) is 22.4. The van der Waals surface area contributed by atoms with Crippen LogP contribution >= 0.6 is 0 Å². The van der Waals surface area contributed by atoms with Gasteiger partial charge in [-0.15, -0.1) is 0 Å². The lowest BCUT2D eigenvalue weighted by Gasteiger charge is -2.09. The SMILES string of the molecule is N#Cc1ccc(S(=O)c2ccc(-n3c4cc5nc6ccccc6c-5c4c4cc5c6ccccc6nc-5c43)cc2)cc1. The molecule has 4 aromatic carbocycles. The summed E-state index contributed by atoms with van der Waals surface area (Å²) in [7, 11) is -1.35. The average Bonchev–Trinajstić information content (AvgIpc) is 3.79. The number of benzene rings is 4. The predicted molar refractivity (Wildman–Crippen MR) is 163 cm³/mol. The van der Waals surface area contributed by atoms with Crippen molar-refractivity contribution in [1.29, 1.82) is 5.26 Å². The third-order valence-corrected chi connectivity index (χ3v) is 9.54. The van der Waals surface area contributed by atoms with Crippen molar-refractivity contribution in [1.82, 2.24) is 14.5 Å². The Labute approximate surface area is 236 Å². The highest BCUT2D eigenvalue weighted by Crippen LogP contribution is 2.50. The molecule has 2 aliphatic carbocycles. The molecule has 0 N–H and O–H groups in total. The molecule has 1 unspecified atom stereocenters. The summed E-state index contributed by atoms with van der Waals surface area (Å²) in [6, 6.07) is 38.0. The number of fused-ring (bicyclic) bond motifs is 11. The lowest BCUT2D eigenvalue weighted by atomic mass is 10.1. The second kappa shape index (κ2) is 8.07. The monoisotopic (exact) mass is 542 g/mol. The second-order valence-electron chi connectivity index (χ2n) is 10.3. The minimum Gasteiger partial charge on any atom is -0.307 e. The lowest BCUT2D eigenvalue weighted by molar-refractivity contribution is 0.683. The maximum absolute atomic E-state index is 13.3. The standard InChI is InChI=1S/C35H18N4OS/c36-19-20-9-13-22(14-10-20)41(40)23-15-11-21(12-16-23)39-31-18-30-32(25-6-2-4-8-29(25)37-30)33(31)27-17-26-24-5-1-3-7-28(24)38-34(26)35(27)39/h1-18H. The summed E-state index contributed by atoms with van der Waals surface area (Å²) in [6.07, 6.45) is 0. The van der Waals surface area contributed by atoms with E-state index in [1.165, 1.54) is 16.3 Å². The third kappa shape index (κ3) is 3.01. The largest absolute Gasteiger partial charge is 0.307 e. The van der Waals surface area contributed by atoms with Crippen molar-refractivity contribution < 1.29 is 4.21 Å². The number of nitriles is 1. The van der Waals surface area contributed by atoms with Gasteiger partial charge in [0.05, 0.1) is 55.9 Å². The molecule has 5 nitrogen and oxygen atoms in total. The Morgan fingerprint density at radius 3 is 2.10 bits per heavy atom. The molecular weight excluding hydrogens is 524 g/mol.